The van der Waals surface area contributed by atoms with E-state index >= 15 is 0 Å². The summed E-state index contributed by atoms with van der Waals surface area (Å²) in [5, 5.41) is 11.0. The summed E-state index contributed by atoms with van der Waals surface area (Å²) in [7, 11) is 1.38. The number of nitrogens with zero attached hydrogens (tertiary/aromatic N) is 1. The van der Waals surface area contributed by atoms with Gasteiger partial charge in [0.25, 0.3) is 0 Å². The normalized spacial score (nSPS) is 11.4. The largest absolute Gasteiger partial charge is 0.468 e. The van der Waals surface area contributed by atoms with Crippen molar-refractivity contribution >= 4 is 5.97 Å². The summed E-state index contributed by atoms with van der Waals surface area (Å²) in [6, 6.07) is 40.5. The van der Waals surface area contributed by atoms with Crippen LogP contribution in [0.2, 0.25) is 0 Å². The van der Waals surface area contributed by atoms with Crippen LogP contribution >= 0.6 is 0 Å². The highest BCUT2D eigenvalue weighted by Gasteiger charge is 2.62. The van der Waals surface area contributed by atoms with Crippen LogP contribution in [-0.4, -0.2) is 13.1 Å². The molecule has 0 saturated carbocycles. The molecule has 0 N–H and O–H groups in total. The number of methoxy groups -OCH3 is 1. The second-order valence-corrected chi connectivity index (χ2v) is 7.57. The standard InChI is InChI=1S/C29H23NO2/c1-32-27(31)29(25-18-10-4-11-19-25,26-20-12-5-13-21-26)28(22-30,23-14-6-2-7-15-23)24-16-8-3-9-17-24/h2-21H,1H3. The van der Waals surface area contributed by atoms with Crippen LogP contribution < -0.4 is 0 Å². The van der Waals surface area contributed by atoms with Gasteiger partial charge in [-0.25, -0.2) is 0 Å². The molecule has 0 aliphatic heterocycles. The molecule has 4 aromatic rings. The smallest absolute Gasteiger partial charge is 0.323 e. The van der Waals surface area contributed by atoms with Crippen molar-refractivity contribution in [1.29, 1.82) is 5.26 Å². The molecule has 0 saturated heterocycles. The first-order valence-corrected chi connectivity index (χ1v) is 10.4. The number of rotatable bonds is 6. The van der Waals surface area contributed by atoms with Crippen LogP contribution in [0.15, 0.2) is 121 Å². The Bertz CT molecular complexity index is 1130. The molecule has 32 heavy (non-hydrogen) atoms. The van der Waals surface area contributed by atoms with Gasteiger partial charge >= 0.3 is 5.97 Å². The zero-order valence-electron chi connectivity index (χ0n) is 17.8. The van der Waals surface area contributed by atoms with Crippen LogP contribution in [0, 0.1) is 11.3 Å². The van der Waals surface area contributed by atoms with Crippen LogP contribution in [0.25, 0.3) is 0 Å². The molecule has 0 aliphatic rings. The van der Waals surface area contributed by atoms with Crippen molar-refractivity contribution in [2.75, 3.05) is 7.11 Å². The molecule has 3 nitrogen and oxygen atoms in total. The second-order valence-electron chi connectivity index (χ2n) is 7.57. The number of nitriles is 1. The minimum atomic E-state index is -1.46. The van der Waals surface area contributed by atoms with Crippen molar-refractivity contribution in [3.8, 4) is 6.07 Å². The fraction of sp³-hybridized carbons (Fsp3) is 0.103. The predicted octanol–water partition coefficient (Wildman–Crippen LogP) is 5.66. The number of carbonyl (C=O) groups is 1. The maximum Gasteiger partial charge on any atom is 0.323 e. The maximum atomic E-state index is 14.0. The number of carbonyl (C=O) groups excluding carboxylic acids is 1. The quantitative estimate of drug-likeness (QED) is 0.381. The molecule has 4 rings (SSSR count). The van der Waals surface area contributed by atoms with E-state index < -0.39 is 16.8 Å². The van der Waals surface area contributed by atoms with E-state index in [1.807, 2.05) is 121 Å². The molecule has 0 bridgehead atoms. The van der Waals surface area contributed by atoms with Crippen molar-refractivity contribution in [1.82, 2.24) is 0 Å². The Morgan fingerprint density at radius 3 is 1.22 bits per heavy atom. The molecule has 0 aromatic heterocycles. The highest BCUT2D eigenvalue weighted by Crippen LogP contribution is 2.53. The van der Waals surface area contributed by atoms with Gasteiger partial charge in [-0.3, -0.25) is 4.79 Å². The van der Waals surface area contributed by atoms with Crippen molar-refractivity contribution in [3.63, 3.8) is 0 Å². The minimum Gasteiger partial charge on any atom is -0.468 e. The first kappa shape index (κ1) is 21.1. The topological polar surface area (TPSA) is 50.1 Å². The van der Waals surface area contributed by atoms with Gasteiger partial charge in [-0.1, -0.05) is 121 Å². The summed E-state index contributed by atoms with van der Waals surface area (Å²) >= 11 is 0. The van der Waals surface area contributed by atoms with E-state index in [-0.39, 0.29) is 0 Å². The van der Waals surface area contributed by atoms with Crippen molar-refractivity contribution < 1.29 is 9.53 Å². The molecular weight excluding hydrogens is 394 g/mol. The van der Waals surface area contributed by atoms with Crippen molar-refractivity contribution in [2.45, 2.75) is 10.8 Å². The van der Waals surface area contributed by atoms with Crippen LogP contribution in [0.1, 0.15) is 22.3 Å². The summed E-state index contributed by atoms with van der Waals surface area (Å²) in [5.74, 6) is -0.496. The molecule has 3 heteroatoms. The van der Waals surface area contributed by atoms with Gasteiger partial charge < -0.3 is 4.74 Å². The lowest BCUT2D eigenvalue weighted by atomic mass is 9.52. The van der Waals surface area contributed by atoms with Gasteiger partial charge in [0.05, 0.1) is 13.2 Å². The first-order valence-electron chi connectivity index (χ1n) is 10.4. The maximum absolute atomic E-state index is 14.0. The van der Waals surface area contributed by atoms with E-state index in [9.17, 15) is 10.1 Å². The number of esters is 1. The highest BCUT2D eigenvalue weighted by atomic mass is 16.5. The van der Waals surface area contributed by atoms with Gasteiger partial charge in [-0.05, 0) is 22.3 Å². The molecule has 0 fully saturated rings. The minimum absolute atomic E-state index is 0.496. The van der Waals surface area contributed by atoms with Gasteiger partial charge in [0.1, 0.15) is 10.8 Å². The monoisotopic (exact) mass is 417 g/mol. The van der Waals surface area contributed by atoms with E-state index in [1.165, 1.54) is 7.11 Å². The van der Waals surface area contributed by atoms with Crippen LogP contribution in [-0.2, 0) is 20.4 Å². The lowest BCUT2D eigenvalue weighted by Crippen LogP contribution is -2.56. The molecule has 0 heterocycles. The van der Waals surface area contributed by atoms with Crippen LogP contribution in [0.5, 0.6) is 0 Å². The Balaban J connectivity index is 2.27. The molecular formula is C29H23NO2. The third-order valence-corrected chi connectivity index (χ3v) is 6.05. The number of hydrogen-bond acceptors (Lipinski definition) is 3. The Labute approximate surface area is 188 Å². The summed E-state index contributed by atoms with van der Waals surface area (Å²) < 4.78 is 5.49. The van der Waals surface area contributed by atoms with Gasteiger partial charge in [0.2, 0.25) is 0 Å². The summed E-state index contributed by atoms with van der Waals surface area (Å²) in [5.41, 5.74) is -0.0502. The average molecular weight is 418 g/mol. The van der Waals surface area contributed by atoms with Crippen LogP contribution in [0.4, 0.5) is 0 Å². The Kier molecular flexibility index (Phi) is 5.87. The van der Waals surface area contributed by atoms with E-state index in [4.69, 9.17) is 4.74 Å². The summed E-state index contributed by atoms with van der Waals surface area (Å²) in [6.45, 7) is 0. The molecule has 4 aromatic carbocycles. The van der Waals surface area contributed by atoms with Gasteiger partial charge in [0, 0.05) is 0 Å². The third kappa shape index (κ3) is 3.09. The second kappa shape index (κ2) is 8.91. The predicted molar refractivity (Wildman–Crippen MR) is 125 cm³/mol. The van der Waals surface area contributed by atoms with Gasteiger partial charge in [0.15, 0.2) is 0 Å². The van der Waals surface area contributed by atoms with Gasteiger partial charge in [-0.2, -0.15) is 5.26 Å². The number of ether oxygens (including phenoxy) is 1. The Hall–Kier alpha value is -4.16. The Morgan fingerprint density at radius 1 is 0.625 bits per heavy atom. The first-order chi connectivity index (χ1) is 15.7. The van der Waals surface area contributed by atoms with Crippen molar-refractivity contribution in [3.05, 3.63) is 144 Å². The van der Waals surface area contributed by atoms with E-state index in [0.717, 1.165) is 0 Å². The van der Waals surface area contributed by atoms with Gasteiger partial charge in [-0.15, -0.1) is 0 Å². The van der Waals surface area contributed by atoms with E-state index in [0.29, 0.717) is 22.3 Å². The average Bonchev–Trinajstić information content (AvgIpc) is 2.89. The van der Waals surface area contributed by atoms with Crippen molar-refractivity contribution in [2.24, 2.45) is 0 Å². The Morgan fingerprint density at radius 2 is 0.938 bits per heavy atom. The highest BCUT2D eigenvalue weighted by molar-refractivity contribution is 5.93. The zero-order chi connectivity index (χ0) is 22.4. The molecule has 0 unspecified atom stereocenters. The lowest BCUT2D eigenvalue weighted by Gasteiger charge is -2.45. The molecule has 0 radical (unpaired) electrons. The van der Waals surface area contributed by atoms with E-state index in [1.54, 1.807) is 0 Å². The summed E-state index contributed by atoms with van der Waals surface area (Å²) in [4.78, 5) is 14.0. The lowest BCUT2D eigenvalue weighted by molar-refractivity contribution is -0.147. The zero-order valence-corrected chi connectivity index (χ0v) is 17.8. The third-order valence-electron chi connectivity index (χ3n) is 6.05. The van der Waals surface area contributed by atoms with Crippen LogP contribution in [0.3, 0.4) is 0 Å². The fourth-order valence-corrected chi connectivity index (χ4v) is 4.71. The molecule has 156 valence electrons. The molecule has 0 amide bonds. The molecule has 0 atom stereocenters. The SMILES string of the molecule is COC(=O)C(c1ccccc1)(c1ccccc1)C(C#N)(c1ccccc1)c1ccccc1. The summed E-state index contributed by atoms with van der Waals surface area (Å²) in [6.07, 6.45) is 0. The number of hydrogen-bond donors (Lipinski definition) is 0. The molecule has 0 spiro atoms. The molecule has 0 aliphatic carbocycles. The fourth-order valence-electron chi connectivity index (χ4n) is 4.71. The number of benzene rings is 4. The van der Waals surface area contributed by atoms with E-state index in [2.05, 4.69) is 6.07 Å².